The van der Waals surface area contributed by atoms with E-state index >= 15 is 0 Å². The van der Waals surface area contributed by atoms with Gasteiger partial charge in [0.15, 0.2) is 5.58 Å². The lowest BCUT2D eigenvalue weighted by Crippen LogP contribution is -1.94. The lowest BCUT2D eigenvalue weighted by Gasteiger charge is -1.90. The predicted octanol–water partition coefficient (Wildman–Crippen LogP) is 3.51. The van der Waals surface area contributed by atoms with Crippen LogP contribution in [0.25, 0.3) is 21.9 Å². The number of halogens is 2. The van der Waals surface area contributed by atoms with Crippen molar-refractivity contribution in [1.82, 2.24) is 9.97 Å². The second-order valence-electron chi connectivity index (χ2n) is 3.98. The summed E-state index contributed by atoms with van der Waals surface area (Å²) in [6.07, 6.45) is 0. The Balaban J connectivity index is 2.17. The van der Waals surface area contributed by atoms with Crippen molar-refractivity contribution in [3.63, 3.8) is 0 Å². The molecule has 0 saturated carbocycles. The quantitative estimate of drug-likeness (QED) is 0.786. The summed E-state index contributed by atoms with van der Waals surface area (Å²) in [6.45, 7) is 2.22. The summed E-state index contributed by atoms with van der Waals surface area (Å²) in [6, 6.07) is 2.67. The van der Waals surface area contributed by atoms with Crippen LogP contribution in [0.1, 0.15) is 10.7 Å². The molecule has 0 atom stereocenters. The van der Waals surface area contributed by atoms with Crippen molar-refractivity contribution in [3.8, 4) is 10.8 Å². The zero-order valence-corrected chi connectivity index (χ0v) is 11.5. The third-order valence-corrected chi connectivity index (χ3v) is 4.10. The van der Waals surface area contributed by atoms with Crippen LogP contribution in [0.3, 0.4) is 0 Å². The first-order chi connectivity index (χ1) is 9.08. The molecule has 2 N–H and O–H groups in total. The normalized spacial score (nSPS) is 11.4. The van der Waals surface area contributed by atoms with Gasteiger partial charge in [0.25, 0.3) is 0 Å². The lowest BCUT2D eigenvalue weighted by atomic mass is 10.3. The summed E-state index contributed by atoms with van der Waals surface area (Å²) >= 11 is 7.13. The highest BCUT2D eigenvalue weighted by Gasteiger charge is 2.16. The molecule has 1 aromatic carbocycles. The molecule has 98 valence electrons. The number of nitrogens with two attached hydrogens (primary N) is 1. The maximum atomic E-state index is 13.4. The van der Waals surface area contributed by atoms with E-state index in [1.54, 1.807) is 0 Å². The first-order valence-electron chi connectivity index (χ1n) is 5.51. The Morgan fingerprint density at radius 1 is 1.42 bits per heavy atom. The van der Waals surface area contributed by atoms with Gasteiger partial charge in [-0.1, -0.05) is 11.6 Å². The molecule has 0 aliphatic heterocycles. The number of aromatic nitrogens is 2. The molecule has 0 radical (unpaired) electrons. The number of fused-ring (bicyclic) bond motifs is 1. The zero-order valence-electron chi connectivity index (χ0n) is 9.91. The van der Waals surface area contributed by atoms with E-state index in [2.05, 4.69) is 9.97 Å². The fourth-order valence-electron chi connectivity index (χ4n) is 1.76. The van der Waals surface area contributed by atoms with Gasteiger partial charge in [0, 0.05) is 12.6 Å². The minimum absolute atomic E-state index is 0.0241. The zero-order chi connectivity index (χ0) is 13.6. The van der Waals surface area contributed by atoms with E-state index < -0.39 is 5.82 Å². The molecular weight excluding hydrogens is 289 g/mol. The Morgan fingerprint density at radius 2 is 2.21 bits per heavy atom. The fourth-order valence-corrected chi connectivity index (χ4v) is 2.79. The van der Waals surface area contributed by atoms with Gasteiger partial charge in [-0.2, -0.15) is 0 Å². The number of benzene rings is 1. The molecule has 0 bridgehead atoms. The van der Waals surface area contributed by atoms with Crippen LogP contribution < -0.4 is 5.73 Å². The molecule has 0 spiro atoms. The van der Waals surface area contributed by atoms with Gasteiger partial charge in [0.05, 0.1) is 10.7 Å². The molecular formula is C12H9ClFN3OS. The monoisotopic (exact) mass is 297 g/mol. The van der Waals surface area contributed by atoms with E-state index in [-0.39, 0.29) is 5.02 Å². The minimum atomic E-state index is -0.527. The number of thiazole rings is 1. The molecule has 4 nitrogen and oxygen atoms in total. The van der Waals surface area contributed by atoms with Crippen LogP contribution in [0.15, 0.2) is 16.5 Å². The molecule has 19 heavy (non-hydrogen) atoms. The Bertz CT molecular complexity index is 729. The highest BCUT2D eigenvalue weighted by atomic mass is 35.5. The van der Waals surface area contributed by atoms with Crippen molar-refractivity contribution in [2.24, 2.45) is 5.73 Å². The third kappa shape index (κ3) is 2.11. The minimum Gasteiger partial charge on any atom is -0.435 e. The maximum Gasteiger partial charge on any atom is 0.239 e. The van der Waals surface area contributed by atoms with Crippen LogP contribution in [0.4, 0.5) is 4.39 Å². The van der Waals surface area contributed by atoms with Crippen molar-refractivity contribution < 1.29 is 8.81 Å². The number of nitrogens with zero attached hydrogens (tertiary/aromatic N) is 2. The second kappa shape index (κ2) is 4.56. The van der Waals surface area contributed by atoms with Crippen LogP contribution in [0.2, 0.25) is 5.02 Å². The summed E-state index contributed by atoms with van der Waals surface area (Å²) in [7, 11) is 0. The van der Waals surface area contributed by atoms with Crippen molar-refractivity contribution in [2.45, 2.75) is 13.5 Å². The van der Waals surface area contributed by atoms with Crippen LogP contribution in [0.5, 0.6) is 0 Å². The Hall–Kier alpha value is -1.50. The van der Waals surface area contributed by atoms with Gasteiger partial charge in [-0.25, -0.2) is 14.4 Å². The SMILES string of the molecule is Cc1nc(CN)sc1-c1nc2cc(Cl)c(F)cc2o1. The predicted molar refractivity (Wildman–Crippen MR) is 72.7 cm³/mol. The summed E-state index contributed by atoms with van der Waals surface area (Å²) in [5, 5.41) is 0.829. The topological polar surface area (TPSA) is 64.9 Å². The van der Waals surface area contributed by atoms with Crippen molar-refractivity contribution in [3.05, 3.63) is 33.7 Å². The molecule has 0 fully saturated rings. The Kier molecular flexibility index (Phi) is 3.00. The molecule has 0 aliphatic rings. The van der Waals surface area contributed by atoms with Crippen molar-refractivity contribution in [2.75, 3.05) is 0 Å². The highest BCUT2D eigenvalue weighted by molar-refractivity contribution is 7.15. The van der Waals surface area contributed by atoms with Gasteiger partial charge >= 0.3 is 0 Å². The van der Waals surface area contributed by atoms with E-state index in [1.807, 2.05) is 6.92 Å². The van der Waals surface area contributed by atoms with Crippen LogP contribution in [-0.2, 0) is 6.54 Å². The van der Waals surface area contributed by atoms with Gasteiger partial charge in [0.1, 0.15) is 21.2 Å². The summed E-state index contributed by atoms with van der Waals surface area (Å²) in [5.74, 6) is -0.119. The van der Waals surface area contributed by atoms with E-state index in [4.69, 9.17) is 21.8 Å². The van der Waals surface area contributed by atoms with Gasteiger partial charge in [-0.05, 0) is 13.0 Å². The highest BCUT2D eigenvalue weighted by Crippen LogP contribution is 2.33. The first kappa shape index (κ1) is 12.5. The smallest absolute Gasteiger partial charge is 0.239 e. The molecule has 3 rings (SSSR count). The number of hydrogen-bond acceptors (Lipinski definition) is 5. The molecule has 0 saturated heterocycles. The number of rotatable bonds is 2. The average Bonchev–Trinajstić information content (AvgIpc) is 2.93. The van der Waals surface area contributed by atoms with Crippen LogP contribution >= 0.6 is 22.9 Å². The molecule has 0 aliphatic carbocycles. The van der Waals surface area contributed by atoms with Crippen LogP contribution in [-0.4, -0.2) is 9.97 Å². The lowest BCUT2D eigenvalue weighted by molar-refractivity contribution is 0.603. The van der Waals surface area contributed by atoms with Gasteiger partial charge in [-0.3, -0.25) is 0 Å². The number of oxazole rings is 1. The molecule has 2 heterocycles. The molecule has 3 aromatic rings. The number of hydrogen-bond donors (Lipinski definition) is 1. The standard InChI is InChI=1S/C12H9ClFN3OS/c1-5-11(19-10(4-15)16-5)12-17-8-2-6(13)7(14)3-9(8)18-12/h2-3H,4,15H2,1H3. The van der Waals surface area contributed by atoms with E-state index in [9.17, 15) is 4.39 Å². The molecule has 0 amide bonds. The van der Waals surface area contributed by atoms with E-state index in [0.29, 0.717) is 23.5 Å². The summed E-state index contributed by atoms with van der Waals surface area (Å²) < 4.78 is 18.9. The van der Waals surface area contributed by atoms with Crippen molar-refractivity contribution >= 4 is 34.0 Å². The second-order valence-corrected chi connectivity index (χ2v) is 5.47. The average molecular weight is 298 g/mol. The summed E-state index contributed by atoms with van der Waals surface area (Å²) in [5.41, 5.74) is 7.23. The number of aryl methyl sites for hydroxylation is 1. The summed E-state index contributed by atoms with van der Waals surface area (Å²) in [4.78, 5) is 9.41. The van der Waals surface area contributed by atoms with Gasteiger partial charge in [0.2, 0.25) is 5.89 Å². The Morgan fingerprint density at radius 3 is 2.89 bits per heavy atom. The molecule has 7 heteroatoms. The van der Waals surface area contributed by atoms with E-state index in [0.717, 1.165) is 15.6 Å². The first-order valence-corrected chi connectivity index (χ1v) is 6.70. The van der Waals surface area contributed by atoms with E-state index in [1.165, 1.54) is 23.5 Å². The van der Waals surface area contributed by atoms with Crippen LogP contribution in [0, 0.1) is 12.7 Å². The molecule has 2 aromatic heterocycles. The third-order valence-electron chi connectivity index (χ3n) is 2.64. The maximum absolute atomic E-state index is 13.4. The Labute approximate surface area is 117 Å². The van der Waals surface area contributed by atoms with Gasteiger partial charge in [-0.15, -0.1) is 11.3 Å². The van der Waals surface area contributed by atoms with Gasteiger partial charge < -0.3 is 10.2 Å². The fraction of sp³-hybridized carbons (Fsp3) is 0.167. The largest absolute Gasteiger partial charge is 0.435 e. The molecule has 0 unspecified atom stereocenters. The van der Waals surface area contributed by atoms with Crippen molar-refractivity contribution in [1.29, 1.82) is 0 Å².